The summed E-state index contributed by atoms with van der Waals surface area (Å²) in [5.41, 5.74) is 6.38. The highest BCUT2D eigenvalue weighted by Gasteiger charge is 2.27. The van der Waals surface area contributed by atoms with Crippen LogP contribution < -0.4 is 5.73 Å². The monoisotopic (exact) mass is 213 g/mol. The van der Waals surface area contributed by atoms with Crippen molar-refractivity contribution in [3.05, 3.63) is 0 Å². The lowest BCUT2D eigenvalue weighted by atomic mass is 9.85. The third-order valence-electron chi connectivity index (χ3n) is 3.71. The van der Waals surface area contributed by atoms with E-state index >= 15 is 0 Å². The molecule has 3 heteroatoms. The molecule has 2 rings (SSSR count). The lowest BCUT2D eigenvalue weighted by Gasteiger charge is -2.33. The summed E-state index contributed by atoms with van der Waals surface area (Å²) < 4.78 is 10.9. The van der Waals surface area contributed by atoms with Crippen LogP contribution in [0.3, 0.4) is 0 Å². The van der Waals surface area contributed by atoms with Gasteiger partial charge in [0.1, 0.15) is 0 Å². The topological polar surface area (TPSA) is 44.5 Å². The van der Waals surface area contributed by atoms with E-state index in [1.807, 2.05) is 0 Å². The van der Waals surface area contributed by atoms with Gasteiger partial charge in [-0.3, -0.25) is 0 Å². The predicted octanol–water partition coefficient (Wildman–Crippen LogP) is 1.84. The van der Waals surface area contributed by atoms with Crippen LogP contribution in [0.4, 0.5) is 0 Å². The van der Waals surface area contributed by atoms with Crippen molar-refractivity contribution in [1.29, 1.82) is 0 Å². The maximum absolute atomic E-state index is 6.32. The van der Waals surface area contributed by atoms with E-state index in [2.05, 4.69) is 0 Å². The summed E-state index contributed by atoms with van der Waals surface area (Å²) in [6, 6.07) is 0. The molecule has 2 fully saturated rings. The first-order valence-electron chi connectivity index (χ1n) is 6.27. The summed E-state index contributed by atoms with van der Waals surface area (Å²) in [6.07, 6.45) is 8.61. The van der Waals surface area contributed by atoms with E-state index in [0.29, 0.717) is 6.10 Å². The molecule has 0 saturated carbocycles. The lowest BCUT2D eigenvalue weighted by molar-refractivity contribution is 0.0462. The largest absolute Gasteiger partial charge is 0.381 e. The summed E-state index contributed by atoms with van der Waals surface area (Å²) in [5, 5.41) is 0. The Bertz CT molecular complexity index is 184. The highest BCUT2D eigenvalue weighted by atomic mass is 16.5. The molecule has 1 atom stereocenters. The Morgan fingerprint density at radius 1 is 1.20 bits per heavy atom. The van der Waals surface area contributed by atoms with E-state index in [-0.39, 0.29) is 5.54 Å². The average Bonchev–Trinajstić information content (AvgIpc) is 2.71. The van der Waals surface area contributed by atoms with Crippen LogP contribution in [-0.4, -0.2) is 31.5 Å². The van der Waals surface area contributed by atoms with Crippen LogP contribution >= 0.6 is 0 Å². The van der Waals surface area contributed by atoms with Crippen molar-refractivity contribution in [1.82, 2.24) is 0 Å². The van der Waals surface area contributed by atoms with Gasteiger partial charge >= 0.3 is 0 Å². The highest BCUT2D eigenvalue weighted by Crippen LogP contribution is 2.26. The van der Waals surface area contributed by atoms with Crippen molar-refractivity contribution in [2.75, 3.05) is 19.8 Å². The third kappa shape index (κ3) is 3.44. The number of hydrogen-bond donors (Lipinski definition) is 1. The molecule has 2 aliphatic rings. The van der Waals surface area contributed by atoms with Gasteiger partial charge in [0.15, 0.2) is 0 Å². The van der Waals surface area contributed by atoms with Crippen molar-refractivity contribution in [2.24, 2.45) is 5.73 Å². The van der Waals surface area contributed by atoms with Gasteiger partial charge in [-0.15, -0.1) is 0 Å². The summed E-state index contributed by atoms with van der Waals surface area (Å²) in [4.78, 5) is 0. The normalized spacial score (nSPS) is 30.6. The van der Waals surface area contributed by atoms with Crippen molar-refractivity contribution >= 4 is 0 Å². The van der Waals surface area contributed by atoms with Crippen LogP contribution in [0.1, 0.15) is 44.9 Å². The zero-order valence-corrected chi connectivity index (χ0v) is 9.54. The smallest absolute Gasteiger partial charge is 0.0576 e. The SMILES string of the molecule is NC1(CCCC2CCCO2)CCOCC1. The first-order valence-corrected chi connectivity index (χ1v) is 6.27. The molecule has 2 heterocycles. The molecule has 1 unspecified atom stereocenters. The zero-order chi connectivity index (χ0) is 10.6. The quantitative estimate of drug-likeness (QED) is 0.775. The Balaban J connectivity index is 1.63. The summed E-state index contributed by atoms with van der Waals surface area (Å²) in [7, 11) is 0. The second-order valence-corrected chi connectivity index (χ2v) is 5.00. The van der Waals surface area contributed by atoms with Crippen LogP contribution in [-0.2, 0) is 9.47 Å². The molecule has 0 radical (unpaired) electrons. The Morgan fingerprint density at radius 2 is 2.00 bits per heavy atom. The number of ether oxygens (including phenoxy) is 2. The van der Waals surface area contributed by atoms with E-state index in [1.165, 1.54) is 25.7 Å². The molecule has 0 aromatic carbocycles. The standard InChI is InChI=1S/C12H23NO2/c13-12(6-9-14-10-7-12)5-1-3-11-4-2-8-15-11/h11H,1-10,13H2. The molecule has 0 aromatic rings. The Labute approximate surface area is 92.3 Å². The van der Waals surface area contributed by atoms with Gasteiger partial charge in [-0.25, -0.2) is 0 Å². The molecule has 0 amide bonds. The van der Waals surface area contributed by atoms with Gasteiger partial charge in [-0.1, -0.05) is 0 Å². The van der Waals surface area contributed by atoms with E-state index in [4.69, 9.17) is 15.2 Å². The second kappa shape index (κ2) is 5.28. The van der Waals surface area contributed by atoms with Crippen molar-refractivity contribution in [3.63, 3.8) is 0 Å². The molecule has 2 N–H and O–H groups in total. The van der Waals surface area contributed by atoms with Crippen molar-refractivity contribution < 1.29 is 9.47 Å². The fourth-order valence-electron chi connectivity index (χ4n) is 2.58. The Morgan fingerprint density at radius 3 is 2.67 bits per heavy atom. The van der Waals surface area contributed by atoms with Crippen LogP contribution in [0, 0.1) is 0 Å². The van der Waals surface area contributed by atoms with Gasteiger partial charge in [-0.2, -0.15) is 0 Å². The molecule has 3 nitrogen and oxygen atoms in total. The molecule has 2 aliphatic heterocycles. The van der Waals surface area contributed by atoms with E-state index in [0.717, 1.165) is 39.1 Å². The maximum Gasteiger partial charge on any atom is 0.0576 e. The van der Waals surface area contributed by atoms with E-state index < -0.39 is 0 Å². The van der Waals surface area contributed by atoms with Gasteiger partial charge in [0, 0.05) is 25.4 Å². The molecule has 0 spiro atoms. The van der Waals surface area contributed by atoms with Gasteiger partial charge in [0.25, 0.3) is 0 Å². The molecular formula is C12H23NO2. The zero-order valence-electron chi connectivity index (χ0n) is 9.54. The minimum Gasteiger partial charge on any atom is -0.381 e. The van der Waals surface area contributed by atoms with Gasteiger partial charge in [-0.05, 0) is 44.9 Å². The molecule has 0 bridgehead atoms. The molecule has 88 valence electrons. The lowest BCUT2D eigenvalue weighted by Crippen LogP contribution is -2.45. The van der Waals surface area contributed by atoms with E-state index in [1.54, 1.807) is 0 Å². The van der Waals surface area contributed by atoms with Gasteiger partial charge in [0.05, 0.1) is 6.10 Å². The first-order chi connectivity index (χ1) is 7.29. The number of nitrogens with two attached hydrogens (primary N) is 1. The predicted molar refractivity (Wildman–Crippen MR) is 59.8 cm³/mol. The number of rotatable bonds is 4. The van der Waals surface area contributed by atoms with Crippen LogP contribution in [0.2, 0.25) is 0 Å². The summed E-state index contributed by atoms with van der Waals surface area (Å²) >= 11 is 0. The molecule has 2 saturated heterocycles. The van der Waals surface area contributed by atoms with Gasteiger partial charge < -0.3 is 15.2 Å². The highest BCUT2D eigenvalue weighted by molar-refractivity contribution is 4.86. The maximum atomic E-state index is 6.32. The van der Waals surface area contributed by atoms with Crippen LogP contribution in [0.25, 0.3) is 0 Å². The third-order valence-corrected chi connectivity index (χ3v) is 3.71. The van der Waals surface area contributed by atoms with Crippen molar-refractivity contribution in [2.45, 2.75) is 56.6 Å². The molecule has 0 aromatic heterocycles. The molecular weight excluding hydrogens is 190 g/mol. The Kier molecular flexibility index (Phi) is 4.00. The first kappa shape index (κ1) is 11.4. The second-order valence-electron chi connectivity index (χ2n) is 5.00. The van der Waals surface area contributed by atoms with Crippen LogP contribution in [0.15, 0.2) is 0 Å². The molecule has 15 heavy (non-hydrogen) atoms. The minimum atomic E-state index is 0.0524. The van der Waals surface area contributed by atoms with E-state index in [9.17, 15) is 0 Å². The summed E-state index contributed by atoms with van der Waals surface area (Å²) in [6.45, 7) is 2.65. The fraction of sp³-hybridized carbons (Fsp3) is 1.00. The fourth-order valence-corrected chi connectivity index (χ4v) is 2.58. The summed E-state index contributed by atoms with van der Waals surface area (Å²) in [5.74, 6) is 0. The van der Waals surface area contributed by atoms with Gasteiger partial charge in [0.2, 0.25) is 0 Å². The van der Waals surface area contributed by atoms with Crippen LogP contribution in [0.5, 0.6) is 0 Å². The number of hydrogen-bond acceptors (Lipinski definition) is 3. The average molecular weight is 213 g/mol. The Hall–Kier alpha value is -0.120. The minimum absolute atomic E-state index is 0.0524. The van der Waals surface area contributed by atoms with Crippen molar-refractivity contribution in [3.8, 4) is 0 Å². The molecule has 0 aliphatic carbocycles.